The average molecular weight is 436 g/mol. The third-order valence-electron chi connectivity index (χ3n) is 4.67. The first-order valence-electron chi connectivity index (χ1n) is 8.94. The molecule has 0 bridgehead atoms. The Bertz CT molecular complexity index is 728. The third-order valence-corrected chi connectivity index (χ3v) is 7.92. The first-order chi connectivity index (χ1) is 12.9. The van der Waals surface area contributed by atoms with Crippen LogP contribution in [0.1, 0.15) is 12.8 Å². The highest BCUT2D eigenvalue weighted by molar-refractivity contribution is 8.01. The van der Waals surface area contributed by atoms with Gasteiger partial charge in [0.05, 0.1) is 19.5 Å². The number of amides is 1. The van der Waals surface area contributed by atoms with E-state index in [-0.39, 0.29) is 11.8 Å². The van der Waals surface area contributed by atoms with Crippen LogP contribution < -0.4 is 5.32 Å². The number of piperidine rings is 1. The molecule has 0 unspecified atom stereocenters. The first kappa shape index (κ1) is 20.9. The highest BCUT2D eigenvalue weighted by atomic mass is 32.2. The van der Waals surface area contributed by atoms with Crippen LogP contribution in [0, 0.1) is 5.92 Å². The van der Waals surface area contributed by atoms with Crippen molar-refractivity contribution < 1.29 is 17.9 Å². The van der Waals surface area contributed by atoms with Crippen molar-refractivity contribution in [3.8, 4) is 0 Å². The summed E-state index contributed by atoms with van der Waals surface area (Å²) in [7, 11) is -3.18. The van der Waals surface area contributed by atoms with E-state index in [1.165, 1.54) is 21.9 Å². The number of nitrogens with zero attached hydrogens (tertiary/aromatic N) is 4. The molecule has 9 nitrogen and oxygen atoms in total. The van der Waals surface area contributed by atoms with E-state index in [1.807, 2.05) is 0 Å². The minimum Gasteiger partial charge on any atom is -0.379 e. The summed E-state index contributed by atoms with van der Waals surface area (Å²) in [5.41, 5.74) is 0. The summed E-state index contributed by atoms with van der Waals surface area (Å²) in [4.78, 5) is 14.8. The highest BCUT2D eigenvalue weighted by Crippen LogP contribution is 2.27. The average Bonchev–Trinajstić information content (AvgIpc) is 3.09. The molecule has 0 aliphatic carbocycles. The van der Waals surface area contributed by atoms with Gasteiger partial charge in [-0.2, -0.15) is 0 Å². The molecule has 152 valence electrons. The zero-order chi connectivity index (χ0) is 19.3. The van der Waals surface area contributed by atoms with Crippen molar-refractivity contribution in [2.75, 3.05) is 63.3 Å². The van der Waals surface area contributed by atoms with Crippen LogP contribution in [0.25, 0.3) is 0 Å². The van der Waals surface area contributed by atoms with Crippen molar-refractivity contribution in [1.82, 2.24) is 19.4 Å². The van der Waals surface area contributed by atoms with Crippen molar-refractivity contribution in [3.05, 3.63) is 0 Å². The largest absolute Gasteiger partial charge is 0.379 e. The number of sulfonamides is 1. The van der Waals surface area contributed by atoms with Crippen molar-refractivity contribution >= 4 is 44.2 Å². The molecule has 0 atom stereocenters. The number of ether oxygens (including phenoxy) is 1. The molecule has 0 radical (unpaired) electrons. The van der Waals surface area contributed by atoms with Crippen molar-refractivity contribution in [2.24, 2.45) is 5.92 Å². The van der Waals surface area contributed by atoms with E-state index < -0.39 is 10.0 Å². The minimum atomic E-state index is -3.18. The zero-order valence-electron chi connectivity index (χ0n) is 15.3. The SMILES string of the molecule is CS(=O)(=O)N1CCC(C(=O)Nc2nnc(SCCN3CCOCC3)s2)CC1. The summed E-state index contributed by atoms with van der Waals surface area (Å²) < 4.78 is 30.7. The molecular weight excluding hydrogens is 410 g/mol. The molecule has 0 spiro atoms. The lowest BCUT2D eigenvalue weighted by atomic mass is 9.97. The van der Waals surface area contributed by atoms with Crippen LogP contribution in [-0.4, -0.2) is 91.7 Å². The summed E-state index contributed by atoms with van der Waals surface area (Å²) in [6.07, 6.45) is 2.25. The van der Waals surface area contributed by atoms with Crippen molar-refractivity contribution in [3.63, 3.8) is 0 Å². The van der Waals surface area contributed by atoms with Gasteiger partial charge in [0, 0.05) is 44.4 Å². The van der Waals surface area contributed by atoms with Crippen LogP contribution in [-0.2, 0) is 19.6 Å². The molecule has 2 saturated heterocycles. The third kappa shape index (κ3) is 6.36. The van der Waals surface area contributed by atoms with Crippen LogP contribution >= 0.6 is 23.1 Å². The topological polar surface area (TPSA) is 105 Å². The van der Waals surface area contributed by atoms with Gasteiger partial charge in [-0.05, 0) is 12.8 Å². The fourth-order valence-corrected chi connectivity index (χ4v) is 5.76. The zero-order valence-corrected chi connectivity index (χ0v) is 17.7. The standard InChI is InChI=1S/C15H25N5O4S3/c1-27(22,23)20-4-2-12(3-5-20)13(21)16-14-17-18-15(26-14)25-11-8-19-6-9-24-10-7-19/h12H,2-11H2,1H3,(H,16,17,21). The molecule has 0 aromatic carbocycles. The summed E-state index contributed by atoms with van der Waals surface area (Å²) in [6.45, 7) is 5.28. The van der Waals surface area contributed by atoms with E-state index in [1.54, 1.807) is 11.8 Å². The van der Waals surface area contributed by atoms with Crippen LogP contribution in [0.2, 0.25) is 0 Å². The van der Waals surface area contributed by atoms with E-state index >= 15 is 0 Å². The number of anilines is 1. The smallest absolute Gasteiger partial charge is 0.229 e. The van der Waals surface area contributed by atoms with Crippen LogP contribution in [0.15, 0.2) is 4.34 Å². The quantitative estimate of drug-likeness (QED) is 0.490. The Balaban J connectivity index is 1.40. The number of thioether (sulfide) groups is 1. The monoisotopic (exact) mass is 435 g/mol. The Hall–Kier alpha value is -0.790. The molecule has 1 aromatic heterocycles. The number of rotatable bonds is 7. The van der Waals surface area contributed by atoms with E-state index in [0.29, 0.717) is 31.1 Å². The molecule has 2 aliphatic heterocycles. The van der Waals surface area contributed by atoms with Gasteiger partial charge in [-0.3, -0.25) is 9.69 Å². The summed E-state index contributed by atoms with van der Waals surface area (Å²) in [6, 6.07) is 0. The maximum atomic E-state index is 12.4. The maximum absolute atomic E-state index is 12.4. The second-order valence-corrected chi connectivity index (χ2v) is 10.9. The Labute approximate surface area is 167 Å². The van der Waals surface area contributed by atoms with E-state index in [0.717, 1.165) is 42.9 Å². The van der Waals surface area contributed by atoms with Gasteiger partial charge >= 0.3 is 0 Å². The number of hydrogen-bond donors (Lipinski definition) is 1. The molecule has 1 amide bonds. The second-order valence-electron chi connectivity index (χ2n) is 6.60. The lowest BCUT2D eigenvalue weighted by Gasteiger charge is -2.29. The molecule has 12 heteroatoms. The van der Waals surface area contributed by atoms with Crippen molar-refractivity contribution in [1.29, 1.82) is 0 Å². The van der Waals surface area contributed by atoms with Gasteiger partial charge in [0.15, 0.2) is 4.34 Å². The molecule has 27 heavy (non-hydrogen) atoms. The van der Waals surface area contributed by atoms with Crippen LogP contribution in [0.3, 0.4) is 0 Å². The minimum absolute atomic E-state index is 0.107. The molecule has 2 fully saturated rings. The molecule has 3 rings (SSSR count). The molecule has 1 N–H and O–H groups in total. The molecular formula is C15H25N5O4S3. The highest BCUT2D eigenvalue weighted by Gasteiger charge is 2.29. The van der Waals surface area contributed by atoms with Gasteiger partial charge in [0.2, 0.25) is 21.1 Å². The van der Waals surface area contributed by atoms with Crippen molar-refractivity contribution in [2.45, 2.75) is 17.2 Å². The molecule has 0 saturated carbocycles. The normalized spacial score (nSPS) is 20.6. The Morgan fingerprint density at radius 1 is 1.26 bits per heavy atom. The Morgan fingerprint density at radius 3 is 2.63 bits per heavy atom. The molecule has 1 aromatic rings. The van der Waals surface area contributed by atoms with Crippen LogP contribution in [0.5, 0.6) is 0 Å². The lowest BCUT2D eigenvalue weighted by molar-refractivity contribution is -0.120. The Kier molecular flexibility index (Phi) is 7.45. The summed E-state index contributed by atoms with van der Waals surface area (Å²) in [5, 5.41) is 11.5. The summed E-state index contributed by atoms with van der Waals surface area (Å²) in [5.74, 6) is 0.625. The first-order valence-corrected chi connectivity index (χ1v) is 12.6. The molecule has 3 heterocycles. The maximum Gasteiger partial charge on any atom is 0.229 e. The number of carbonyl (C=O) groups excluding carboxylic acids is 1. The fraction of sp³-hybridized carbons (Fsp3) is 0.800. The van der Waals surface area contributed by atoms with Crippen LogP contribution in [0.4, 0.5) is 5.13 Å². The number of hydrogen-bond acceptors (Lipinski definition) is 9. The lowest BCUT2D eigenvalue weighted by Crippen LogP contribution is -2.40. The predicted octanol–water partition coefficient (Wildman–Crippen LogP) is 0.573. The van der Waals surface area contributed by atoms with Gasteiger partial charge in [0.25, 0.3) is 0 Å². The summed E-state index contributed by atoms with van der Waals surface area (Å²) >= 11 is 3.01. The van der Waals surface area contributed by atoms with Gasteiger partial charge in [0.1, 0.15) is 0 Å². The van der Waals surface area contributed by atoms with Gasteiger partial charge in [-0.25, -0.2) is 12.7 Å². The van der Waals surface area contributed by atoms with Gasteiger partial charge in [-0.15, -0.1) is 10.2 Å². The number of aromatic nitrogens is 2. The van der Waals surface area contributed by atoms with E-state index in [2.05, 4.69) is 20.4 Å². The number of carbonyl (C=O) groups is 1. The van der Waals surface area contributed by atoms with E-state index in [4.69, 9.17) is 4.74 Å². The molecule has 2 aliphatic rings. The van der Waals surface area contributed by atoms with Gasteiger partial charge < -0.3 is 10.1 Å². The number of morpholine rings is 1. The number of nitrogens with one attached hydrogen (secondary N) is 1. The Morgan fingerprint density at radius 2 is 1.96 bits per heavy atom. The second kappa shape index (κ2) is 9.61. The van der Waals surface area contributed by atoms with Gasteiger partial charge in [-0.1, -0.05) is 23.1 Å². The fourth-order valence-electron chi connectivity index (χ4n) is 3.06. The van der Waals surface area contributed by atoms with E-state index in [9.17, 15) is 13.2 Å². The predicted molar refractivity (Wildman–Crippen MR) is 106 cm³/mol.